The number of carbonyl (C=O) groups is 2. The summed E-state index contributed by atoms with van der Waals surface area (Å²) < 4.78 is 12.0. The average Bonchev–Trinajstić information content (AvgIpc) is 3.27. The lowest BCUT2D eigenvalue weighted by Crippen LogP contribution is -2.36. The van der Waals surface area contributed by atoms with Crippen LogP contribution in [0, 0.1) is 0 Å². The van der Waals surface area contributed by atoms with Crippen LogP contribution in [0.4, 0.5) is 5.69 Å². The van der Waals surface area contributed by atoms with Gasteiger partial charge in [0, 0.05) is 17.6 Å². The predicted molar refractivity (Wildman–Crippen MR) is 131 cm³/mol. The maximum atomic E-state index is 12.8. The Hall–Kier alpha value is -2.49. The van der Waals surface area contributed by atoms with E-state index in [4.69, 9.17) is 21.7 Å². The molecule has 2 amide bonds. The lowest BCUT2D eigenvalue weighted by atomic mass is 10.1. The largest absolute Gasteiger partial charge is 0.490 e. The maximum absolute atomic E-state index is 12.8. The lowest BCUT2D eigenvalue weighted by molar-refractivity contribution is 0.0858. The smallest absolute Gasteiger partial charge is 0.261 e. The van der Waals surface area contributed by atoms with Crippen molar-refractivity contribution in [1.29, 1.82) is 0 Å². The molecule has 1 atom stereocenters. The van der Waals surface area contributed by atoms with Gasteiger partial charge in [0.2, 0.25) is 0 Å². The Bertz CT molecular complexity index is 993. The first-order chi connectivity index (χ1) is 15.3. The van der Waals surface area contributed by atoms with Gasteiger partial charge in [0.05, 0.1) is 29.0 Å². The summed E-state index contributed by atoms with van der Waals surface area (Å²) in [6.45, 7) is 4.96. The Morgan fingerprint density at radius 1 is 1.19 bits per heavy atom. The molecule has 0 radical (unpaired) electrons. The summed E-state index contributed by atoms with van der Waals surface area (Å²) in [4.78, 5) is 25.5. The second-order valence-corrected chi connectivity index (χ2v) is 8.93. The van der Waals surface area contributed by atoms with Crippen LogP contribution in [0.2, 0.25) is 0 Å². The molecule has 3 N–H and O–H groups in total. The third-order valence-electron chi connectivity index (χ3n) is 4.71. The van der Waals surface area contributed by atoms with Gasteiger partial charge in [-0.15, -0.1) is 0 Å². The number of carbonyl (C=O) groups excluding carboxylic acids is 2. The summed E-state index contributed by atoms with van der Waals surface area (Å²) in [6, 6.07) is 12.2. The minimum atomic E-state index is -0.417. The highest BCUT2D eigenvalue weighted by molar-refractivity contribution is 9.10. The number of rotatable bonds is 7. The van der Waals surface area contributed by atoms with Crippen molar-refractivity contribution in [2.45, 2.75) is 38.9 Å². The normalized spacial score (nSPS) is 15.3. The fraction of sp³-hybridized carbons (Fsp3) is 0.348. The topological polar surface area (TPSA) is 88.7 Å². The van der Waals surface area contributed by atoms with E-state index in [0.29, 0.717) is 29.1 Å². The van der Waals surface area contributed by atoms with Crippen LogP contribution in [0.15, 0.2) is 46.9 Å². The van der Waals surface area contributed by atoms with Gasteiger partial charge in [0.1, 0.15) is 5.75 Å². The molecule has 1 fully saturated rings. The molecule has 3 rings (SSSR count). The van der Waals surface area contributed by atoms with Gasteiger partial charge in [-0.25, -0.2) is 0 Å². The van der Waals surface area contributed by atoms with Crippen molar-refractivity contribution in [3.63, 3.8) is 0 Å². The van der Waals surface area contributed by atoms with Crippen molar-refractivity contribution in [1.82, 2.24) is 10.6 Å². The van der Waals surface area contributed by atoms with Gasteiger partial charge in [-0.05, 0) is 69.2 Å². The third kappa shape index (κ3) is 6.75. The Kier molecular flexibility index (Phi) is 8.60. The maximum Gasteiger partial charge on any atom is 0.261 e. The van der Waals surface area contributed by atoms with E-state index in [0.717, 1.165) is 23.9 Å². The molecule has 7 nitrogen and oxygen atoms in total. The molecule has 0 saturated carbocycles. The summed E-state index contributed by atoms with van der Waals surface area (Å²) in [5.41, 5.74) is 1.27. The van der Waals surface area contributed by atoms with Crippen molar-refractivity contribution in [3.05, 3.63) is 58.1 Å². The summed E-state index contributed by atoms with van der Waals surface area (Å²) in [7, 11) is 0. The first kappa shape index (κ1) is 24.2. The van der Waals surface area contributed by atoms with Gasteiger partial charge in [-0.1, -0.05) is 28.1 Å². The molecule has 1 unspecified atom stereocenters. The van der Waals surface area contributed by atoms with Crippen LogP contribution in [-0.4, -0.2) is 42.3 Å². The number of hydrogen-bond donors (Lipinski definition) is 3. The first-order valence-corrected chi connectivity index (χ1v) is 11.6. The van der Waals surface area contributed by atoms with Crippen LogP contribution in [-0.2, 0) is 4.74 Å². The highest BCUT2D eigenvalue weighted by Gasteiger charge is 2.19. The van der Waals surface area contributed by atoms with Crippen LogP contribution in [0.1, 0.15) is 47.4 Å². The average molecular weight is 520 g/mol. The number of para-hydroxylation sites is 1. The molecule has 2 aromatic carbocycles. The van der Waals surface area contributed by atoms with Gasteiger partial charge in [0.15, 0.2) is 5.11 Å². The van der Waals surface area contributed by atoms with Gasteiger partial charge in [-0.3, -0.25) is 14.9 Å². The van der Waals surface area contributed by atoms with E-state index < -0.39 is 5.91 Å². The van der Waals surface area contributed by atoms with Crippen LogP contribution in [0.25, 0.3) is 0 Å². The van der Waals surface area contributed by atoms with Crippen molar-refractivity contribution < 1.29 is 19.1 Å². The number of nitrogens with one attached hydrogen (secondary N) is 3. The Labute approximate surface area is 201 Å². The molecule has 0 bridgehead atoms. The fourth-order valence-electron chi connectivity index (χ4n) is 3.26. The predicted octanol–water partition coefficient (Wildman–Crippen LogP) is 4.27. The van der Waals surface area contributed by atoms with E-state index in [9.17, 15) is 9.59 Å². The molecule has 1 aliphatic heterocycles. The monoisotopic (exact) mass is 519 g/mol. The van der Waals surface area contributed by atoms with E-state index in [-0.39, 0.29) is 23.2 Å². The van der Waals surface area contributed by atoms with E-state index in [1.165, 1.54) is 0 Å². The quantitative estimate of drug-likeness (QED) is 0.473. The molecule has 32 heavy (non-hydrogen) atoms. The van der Waals surface area contributed by atoms with Crippen LogP contribution in [0.5, 0.6) is 5.75 Å². The summed E-state index contributed by atoms with van der Waals surface area (Å²) in [5, 5.41) is 8.58. The third-order valence-corrected chi connectivity index (χ3v) is 5.41. The summed E-state index contributed by atoms with van der Waals surface area (Å²) in [5.74, 6) is -0.200. The highest BCUT2D eigenvalue weighted by atomic mass is 79.9. The molecule has 2 aromatic rings. The van der Waals surface area contributed by atoms with Gasteiger partial charge in [-0.2, -0.15) is 0 Å². The van der Waals surface area contributed by atoms with E-state index in [1.54, 1.807) is 42.5 Å². The number of halogens is 1. The molecule has 1 aliphatic rings. The standard InChI is InChI=1S/C23H26BrN3O4S/c1-14(2)31-20-10-9-15(24)12-18(20)22(29)27-23(32)26-19-8-4-3-7-17(19)21(28)25-13-16-6-5-11-30-16/h3-4,7-10,12,14,16H,5-6,11,13H2,1-2H3,(H,25,28)(H2,26,27,29,32). The Balaban J connectivity index is 1.66. The number of ether oxygens (including phenoxy) is 2. The molecule has 0 aliphatic carbocycles. The molecular formula is C23H26BrN3O4S. The second-order valence-electron chi connectivity index (χ2n) is 7.61. The highest BCUT2D eigenvalue weighted by Crippen LogP contribution is 2.24. The van der Waals surface area contributed by atoms with Crippen molar-refractivity contribution in [2.75, 3.05) is 18.5 Å². The number of anilines is 1. The number of amides is 2. The lowest BCUT2D eigenvalue weighted by Gasteiger charge is -2.16. The second kappa shape index (κ2) is 11.4. The molecular weight excluding hydrogens is 494 g/mol. The van der Waals surface area contributed by atoms with Gasteiger partial charge in [0.25, 0.3) is 11.8 Å². The van der Waals surface area contributed by atoms with Crippen LogP contribution >= 0.6 is 28.1 Å². The van der Waals surface area contributed by atoms with E-state index in [2.05, 4.69) is 31.9 Å². The number of hydrogen-bond acceptors (Lipinski definition) is 5. The molecule has 9 heteroatoms. The zero-order valence-electron chi connectivity index (χ0n) is 17.9. The van der Waals surface area contributed by atoms with Gasteiger partial charge < -0.3 is 20.1 Å². The summed E-state index contributed by atoms with van der Waals surface area (Å²) >= 11 is 8.71. The van der Waals surface area contributed by atoms with E-state index in [1.807, 2.05) is 13.8 Å². The van der Waals surface area contributed by atoms with Crippen LogP contribution < -0.4 is 20.7 Å². The fourth-order valence-corrected chi connectivity index (χ4v) is 3.82. The van der Waals surface area contributed by atoms with Crippen molar-refractivity contribution in [2.24, 2.45) is 0 Å². The molecule has 1 saturated heterocycles. The molecule has 170 valence electrons. The van der Waals surface area contributed by atoms with Gasteiger partial charge >= 0.3 is 0 Å². The van der Waals surface area contributed by atoms with Crippen LogP contribution in [0.3, 0.4) is 0 Å². The Morgan fingerprint density at radius 2 is 1.97 bits per heavy atom. The number of benzene rings is 2. The zero-order chi connectivity index (χ0) is 23.1. The van der Waals surface area contributed by atoms with Crippen molar-refractivity contribution in [3.8, 4) is 5.75 Å². The Morgan fingerprint density at radius 3 is 2.69 bits per heavy atom. The number of thiocarbonyl (C=S) groups is 1. The minimum absolute atomic E-state index is 0.0480. The zero-order valence-corrected chi connectivity index (χ0v) is 20.3. The molecule has 1 heterocycles. The molecule has 0 aromatic heterocycles. The van der Waals surface area contributed by atoms with Crippen molar-refractivity contribution >= 4 is 50.8 Å². The first-order valence-electron chi connectivity index (χ1n) is 10.4. The SMILES string of the molecule is CC(C)Oc1ccc(Br)cc1C(=O)NC(=S)Nc1ccccc1C(=O)NCC1CCCO1. The summed E-state index contributed by atoms with van der Waals surface area (Å²) in [6.07, 6.45) is 1.91. The molecule has 0 spiro atoms. The minimum Gasteiger partial charge on any atom is -0.490 e. The van der Waals surface area contributed by atoms with E-state index >= 15 is 0 Å².